The fourth-order valence-corrected chi connectivity index (χ4v) is 2.86. The molecule has 3 heteroatoms. The van der Waals surface area contributed by atoms with E-state index in [0.717, 1.165) is 29.4 Å². The smallest absolute Gasteiger partial charge is 0.132 e. The van der Waals surface area contributed by atoms with Gasteiger partial charge < -0.3 is 9.88 Å². The van der Waals surface area contributed by atoms with Crippen molar-refractivity contribution in [2.24, 2.45) is 0 Å². The van der Waals surface area contributed by atoms with Crippen molar-refractivity contribution in [3.63, 3.8) is 0 Å². The predicted molar refractivity (Wildman–Crippen MR) is 67.6 cm³/mol. The molecule has 0 radical (unpaired) electrons. The Morgan fingerprint density at radius 1 is 1.47 bits per heavy atom. The second-order valence-corrected chi connectivity index (χ2v) is 4.96. The van der Waals surface area contributed by atoms with Crippen molar-refractivity contribution in [3.05, 3.63) is 35.8 Å². The third-order valence-electron chi connectivity index (χ3n) is 3.86. The highest BCUT2D eigenvalue weighted by Gasteiger charge is 2.22. The van der Waals surface area contributed by atoms with Crippen LogP contribution in [0.1, 0.15) is 18.4 Å². The number of H-pyrrole nitrogens is 1. The maximum absolute atomic E-state index is 13.8. The van der Waals surface area contributed by atoms with Crippen molar-refractivity contribution in [1.82, 2.24) is 9.88 Å². The number of rotatable bonds is 2. The van der Waals surface area contributed by atoms with Gasteiger partial charge in [0.05, 0.1) is 0 Å². The molecule has 1 unspecified atom stereocenters. The molecule has 0 amide bonds. The first-order valence-corrected chi connectivity index (χ1v) is 6.20. The van der Waals surface area contributed by atoms with Crippen LogP contribution in [0.3, 0.4) is 0 Å². The lowest BCUT2D eigenvalue weighted by molar-refractivity contribution is 0.309. The molecule has 2 heterocycles. The van der Waals surface area contributed by atoms with E-state index in [4.69, 9.17) is 0 Å². The number of halogens is 1. The number of fused-ring (bicyclic) bond motifs is 1. The molecule has 1 aliphatic rings. The molecule has 0 saturated carbocycles. The maximum Gasteiger partial charge on any atom is 0.132 e. The average Bonchev–Trinajstić information content (AvgIpc) is 2.89. The molecule has 17 heavy (non-hydrogen) atoms. The summed E-state index contributed by atoms with van der Waals surface area (Å²) in [5, 5.41) is 0.771. The summed E-state index contributed by atoms with van der Waals surface area (Å²) in [6.07, 6.45) is 5.38. The zero-order valence-corrected chi connectivity index (χ0v) is 10.0. The third-order valence-corrected chi connectivity index (χ3v) is 3.86. The van der Waals surface area contributed by atoms with Crippen molar-refractivity contribution in [1.29, 1.82) is 0 Å². The predicted octanol–water partition coefficient (Wildman–Crippen LogP) is 2.94. The number of benzene rings is 1. The zero-order valence-electron chi connectivity index (χ0n) is 10.0. The topological polar surface area (TPSA) is 19.0 Å². The Labute approximate surface area is 100 Å². The molecule has 0 spiro atoms. The number of hydrogen-bond acceptors (Lipinski definition) is 1. The number of likely N-dealkylation sites (N-methyl/N-ethyl adjacent to an activating group) is 1. The Morgan fingerprint density at radius 2 is 2.35 bits per heavy atom. The highest BCUT2D eigenvalue weighted by molar-refractivity contribution is 5.83. The van der Waals surface area contributed by atoms with Crippen molar-refractivity contribution >= 4 is 10.9 Å². The van der Waals surface area contributed by atoms with Gasteiger partial charge in [0, 0.05) is 23.1 Å². The molecule has 0 aliphatic carbocycles. The van der Waals surface area contributed by atoms with Gasteiger partial charge in [-0.1, -0.05) is 6.07 Å². The van der Waals surface area contributed by atoms with E-state index in [9.17, 15) is 4.39 Å². The van der Waals surface area contributed by atoms with E-state index in [1.54, 1.807) is 6.07 Å². The number of nitrogens with one attached hydrogen (secondary N) is 1. The van der Waals surface area contributed by atoms with Crippen LogP contribution in [0.2, 0.25) is 0 Å². The Balaban J connectivity index is 1.95. The Morgan fingerprint density at radius 3 is 3.12 bits per heavy atom. The summed E-state index contributed by atoms with van der Waals surface area (Å²) in [7, 11) is 2.16. The van der Waals surface area contributed by atoms with E-state index in [0.29, 0.717) is 6.04 Å². The molecule has 1 atom stereocenters. The van der Waals surface area contributed by atoms with Crippen molar-refractivity contribution in [2.45, 2.75) is 25.3 Å². The van der Waals surface area contributed by atoms with Gasteiger partial charge in [-0.15, -0.1) is 0 Å². The highest BCUT2D eigenvalue weighted by atomic mass is 19.1. The number of likely N-dealkylation sites (tertiary alicyclic amines) is 1. The van der Waals surface area contributed by atoms with Crippen LogP contribution >= 0.6 is 0 Å². The first-order chi connectivity index (χ1) is 8.25. The molecule has 1 aromatic carbocycles. The summed E-state index contributed by atoms with van der Waals surface area (Å²) in [5.41, 5.74) is 2.01. The Kier molecular flexibility index (Phi) is 2.63. The summed E-state index contributed by atoms with van der Waals surface area (Å²) in [5.74, 6) is -0.112. The van der Waals surface area contributed by atoms with Gasteiger partial charge in [0.15, 0.2) is 0 Å². The summed E-state index contributed by atoms with van der Waals surface area (Å²) >= 11 is 0. The first kappa shape index (κ1) is 10.8. The van der Waals surface area contributed by atoms with Crippen LogP contribution in [0.4, 0.5) is 4.39 Å². The number of nitrogens with zero attached hydrogens (tertiary/aromatic N) is 1. The minimum atomic E-state index is -0.112. The molecule has 0 bridgehead atoms. The van der Waals surface area contributed by atoms with Gasteiger partial charge in [0.2, 0.25) is 0 Å². The molecule has 90 valence electrons. The molecule has 2 aromatic rings. The van der Waals surface area contributed by atoms with Crippen LogP contribution in [-0.2, 0) is 6.42 Å². The second-order valence-electron chi connectivity index (χ2n) is 4.96. The summed E-state index contributed by atoms with van der Waals surface area (Å²) in [6.45, 7) is 1.16. The molecule has 1 aromatic heterocycles. The average molecular weight is 232 g/mol. The summed E-state index contributed by atoms with van der Waals surface area (Å²) in [4.78, 5) is 5.53. The zero-order chi connectivity index (χ0) is 11.8. The molecule has 2 nitrogen and oxygen atoms in total. The van der Waals surface area contributed by atoms with Gasteiger partial charge >= 0.3 is 0 Å². The maximum atomic E-state index is 13.8. The van der Waals surface area contributed by atoms with Crippen LogP contribution in [0, 0.1) is 5.82 Å². The summed E-state index contributed by atoms with van der Waals surface area (Å²) in [6, 6.07) is 5.78. The van der Waals surface area contributed by atoms with Gasteiger partial charge in [0.1, 0.15) is 5.82 Å². The van der Waals surface area contributed by atoms with Gasteiger partial charge in [-0.2, -0.15) is 0 Å². The van der Waals surface area contributed by atoms with E-state index >= 15 is 0 Å². The van der Waals surface area contributed by atoms with E-state index in [1.165, 1.54) is 18.9 Å². The SMILES string of the molecule is CN1CCCC1Cc1c[nH]c2cccc(F)c12. The van der Waals surface area contributed by atoms with E-state index in [1.807, 2.05) is 12.3 Å². The van der Waals surface area contributed by atoms with Gasteiger partial charge in [0.25, 0.3) is 0 Å². The van der Waals surface area contributed by atoms with Crippen LogP contribution in [0.25, 0.3) is 10.9 Å². The minimum absolute atomic E-state index is 0.112. The molecule has 1 saturated heterocycles. The fraction of sp³-hybridized carbons (Fsp3) is 0.429. The number of aromatic nitrogens is 1. The Bertz CT molecular complexity index is 532. The van der Waals surface area contributed by atoms with E-state index in [-0.39, 0.29) is 5.82 Å². The Hall–Kier alpha value is -1.35. The monoisotopic (exact) mass is 232 g/mol. The van der Waals surface area contributed by atoms with Gasteiger partial charge in [-0.3, -0.25) is 0 Å². The lowest BCUT2D eigenvalue weighted by Gasteiger charge is -2.18. The quantitative estimate of drug-likeness (QED) is 0.843. The number of aromatic amines is 1. The van der Waals surface area contributed by atoms with Crippen molar-refractivity contribution < 1.29 is 4.39 Å². The lowest BCUT2D eigenvalue weighted by Crippen LogP contribution is -2.26. The second kappa shape index (κ2) is 4.15. The molecule has 1 fully saturated rings. The summed E-state index contributed by atoms with van der Waals surface area (Å²) < 4.78 is 13.8. The highest BCUT2D eigenvalue weighted by Crippen LogP contribution is 2.26. The van der Waals surface area contributed by atoms with E-state index in [2.05, 4.69) is 16.9 Å². The molecular formula is C14H17FN2. The molecule has 1 N–H and O–H groups in total. The molecular weight excluding hydrogens is 215 g/mol. The lowest BCUT2D eigenvalue weighted by atomic mass is 10.0. The van der Waals surface area contributed by atoms with Crippen LogP contribution in [0.5, 0.6) is 0 Å². The molecule has 3 rings (SSSR count). The van der Waals surface area contributed by atoms with Crippen molar-refractivity contribution in [2.75, 3.05) is 13.6 Å². The first-order valence-electron chi connectivity index (χ1n) is 6.20. The number of hydrogen-bond donors (Lipinski definition) is 1. The fourth-order valence-electron chi connectivity index (χ4n) is 2.86. The van der Waals surface area contributed by atoms with Crippen LogP contribution < -0.4 is 0 Å². The normalized spacial score (nSPS) is 21.4. The van der Waals surface area contributed by atoms with Crippen LogP contribution in [0.15, 0.2) is 24.4 Å². The van der Waals surface area contributed by atoms with Gasteiger partial charge in [-0.05, 0) is 50.6 Å². The van der Waals surface area contributed by atoms with Gasteiger partial charge in [-0.25, -0.2) is 4.39 Å². The van der Waals surface area contributed by atoms with Crippen LogP contribution in [-0.4, -0.2) is 29.5 Å². The largest absolute Gasteiger partial charge is 0.361 e. The molecule has 1 aliphatic heterocycles. The minimum Gasteiger partial charge on any atom is -0.361 e. The standard InChI is InChI=1S/C14H17FN2/c1-17-7-3-4-11(17)8-10-9-16-13-6-2-5-12(15)14(10)13/h2,5-6,9,11,16H,3-4,7-8H2,1H3. The van der Waals surface area contributed by atoms with E-state index < -0.39 is 0 Å². The third kappa shape index (κ3) is 1.84. The van der Waals surface area contributed by atoms with Crippen molar-refractivity contribution in [3.8, 4) is 0 Å².